The number of thiophene rings is 1. The first-order chi connectivity index (χ1) is 14.0. The largest absolute Gasteiger partial charge is 0.377 e. The minimum absolute atomic E-state index is 0.0757. The van der Waals surface area contributed by atoms with E-state index in [4.69, 9.17) is 4.74 Å². The van der Waals surface area contributed by atoms with E-state index in [2.05, 4.69) is 0 Å². The molecular formula is C21H28N2O4S2. The highest BCUT2D eigenvalue weighted by Gasteiger charge is 2.29. The summed E-state index contributed by atoms with van der Waals surface area (Å²) in [6.07, 6.45) is 1.75. The van der Waals surface area contributed by atoms with Crippen molar-refractivity contribution in [3.05, 3.63) is 52.2 Å². The van der Waals surface area contributed by atoms with E-state index in [1.807, 2.05) is 31.4 Å². The first-order valence-corrected chi connectivity index (χ1v) is 12.3. The Balaban J connectivity index is 1.83. The number of benzene rings is 1. The van der Waals surface area contributed by atoms with E-state index in [0.29, 0.717) is 38.3 Å². The molecule has 3 rings (SSSR count). The van der Waals surface area contributed by atoms with Gasteiger partial charge in [-0.1, -0.05) is 6.07 Å². The lowest BCUT2D eigenvalue weighted by Crippen LogP contribution is -2.36. The van der Waals surface area contributed by atoms with E-state index >= 15 is 0 Å². The van der Waals surface area contributed by atoms with Crippen molar-refractivity contribution in [3.8, 4) is 0 Å². The van der Waals surface area contributed by atoms with E-state index < -0.39 is 10.0 Å². The first-order valence-electron chi connectivity index (χ1n) is 9.99. The Kier molecular flexibility index (Phi) is 7.45. The minimum atomic E-state index is -3.70. The summed E-state index contributed by atoms with van der Waals surface area (Å²) in [6, 6.07) is 10.1. The standard InChI is InChI=1S/C21H28N2O4S2/c1-3-22(4-2)21(24)17-9-11-20(12-10-17)29(25,26)23(15-18-7-5-13-27-18)16-19-8-6-14-28-19/h6,8-12,14,18H,3-5,7,13,15-16H2,1-2H3. The summed E-state index contributed by atoms with van der Waals surface area (Å²) in [5, 5.41) is 1.94. The van der Waals surface area contributed by atoms with Gasteiger partial charge in [0.15, 0.2) is 0 Å². The number of hydrogen-bond donors (Lipinski definition) is 0. The molecule has 6 nitrogen and oxygen atoms in total. The molecule has 2 heterocycles. The van der Waals surface area contributed by atoms with Gasteiger partial charge in [0.2, 0.25) is 10.0 Å². The molecule has 158 valence electrons. The summed E-state index contributed by atoms with van der Waals surface area (Å²) >= 11 is 1.54. The van der Waals surface area contributed by atoms with Gasteiger partial charge in [0.25, 0.3) is 5.91 Å². The van der Waals surface area contributed by atoms with E-state index in [1.165, 1.54) is 27.8 Å². The minimum Gasteiger partial charge on any atom is -0.377 e. The smallest absolute Gasteiger partial charge is 0.253 e. The fourth-order valence-corrected chi connectivity index (χ4v) is 5.70. The Morgan fingerprint density at radius 2 is 1.90 bits per heavy atom. The van der Waals surface area contributed by atoms with E-state index in [1.54, 1.807) is 17.0 Å². The zero-order valence-electron chi connectivity index (χ0n) is 16.9. The zero-order valence-corrected chi connectivity index (χ0v) is 18.5. The summed E-state index contributed by atoms with van der Waals surface area (Å²) in [7, 11) is -3.70. The van der Waals surface area contributed by atoms with Crippen molar-refractivity contribution >= 4 is 27.3 Å². The molecule has 0 saturated carbocycles. The number of ether oxygens (including phenoxy) is 1. The summed E-state index contributed by atoms with van der Waals surface area (Å²) in [6.45, 7) is 6.42. The van der Waals surface area contributed by atoms with Gasteiger partial charge in [0, 0.05) is 43.2 Å². The lowest BCUT2D eigenvalue weighted by molar-refractivity contribution is 0.0773. The first kappa shape index (κ1) is 22.0. The molecular weight excluding hydrogens is 408 g/mol. The van der Waals surface area contributed by atoms with Crippen LogP contribution in [0.4, 0.5) is 0 Å². The molecule has 1 unspecified atom stereocenters. The van der Waals surface area contributed by atoms with E-state index in [9.17, 15) is 13.2 Å². The molecule has 1 saturated heterocycles. The van der Waals surface area contributed by atoms with Gasteiger partial charge in [-0.2, -0.15) is 4.31 Å². The van der Waals surface area contributed by atoms with Gasteiger partial charge >= 0.3 is 0 Å². The second-order valence-corrected chi connectivity index (χ2v) is 9.98. The lowest BCUT2D eigenvalue weighted by atomic mass is 10.2. The lowest BCUT2D eigenvalue weighted by Gasteiger charge is -2.24. The van der Waals surface area contributed by atoms with Gasteiger partial charge in [0.05, 0.1) is 11.0 Å². The fourth-order valence-electron chi connectivity index (χ4n) is 3.45. The second-order valence-electron chi connectivity index (χ2n) is 7.01. The van der Waals surface area contributed by atoms with Crippen molar-refractivity contribution in [1.29, 1.82) is 0 Å². The molecule has 8 heteroatoms. The zero-order chi connectivity index (χ0) is 20.9. The monoisotopic (exact) mass is 436 g/mol. The molecule has 0 radical (unpaired) electrons. The Labute approximate surface area is 177 Å². The van der Waals surface area contributed by atoms with Crippen LogP contribution in [0.15, 0.2) is 46.7 Å². The highest BCUT2D eigenvalue weighted by atomic mass is 32.2. The van der Waals surface area contributed by atoms with Crippen LogP contribution in [0.3, 0.4) is 0 Å². The number of hydrogen-bond acceptors (Lipinski definition) is 5. The van der Waals surface area contributed by atoms with Crippen LogP contribution in [0.25, 0.3) is 0 Å². The van der Waals surface area contributed by atoms with Gasteiger partial charge in [-0.15, -0.1) is 11.3 Å². The van der Waals surface area contributed by atoms with Gasteiger partial charge in [-0.25, -0.2) is 8.42 Å². The van der Waals surface area contributed by atoms with Crippen LogP contribution in [-0.2, 0) is 21.3 Å². The molecule has 1 aliphatic heterocycles. The van der Waals surface area contributed by atoms with Crippen LogP contribution in [0.5, 0.6) is 0 Å². The molecule has 1 amide bonds. The van der Waals surface area contributed by atoms with Gasteiger partial charge in [-0.3, -0.25) is 4.79 Å². The molecule has 2 aromatic rings. The maximum atomic E-state index is 13.4. The van der Waals surface area contributed by atoms with E-state index in [-0.39, 0.29) is 16.9 Å². The van der Waals surface area contributed by atoms with Crippen LogP contribution >= 0.6 is 11.3 Å². The van der Waals surface area contributed by atoms with E-state index in [0.717, 1.165) is 17.7 Å². The van der Waals surface area contributed by atoms with Crippen molar-refractivity contribution in [2.75, 3.05) is 26.2 Å². The third-order valence-electron chi connectivity index (χ3n) is 5.13. The molecule has 0 N–H and O–H groups in total. The molecule has 0 bridgehead atoms. The normalized spacial score (nSPS) is 17.0. The van der Waals surface area contributed by atoms with Crippen molar-refractivity contribution in [2.45, 2.75) is 44.2 Å². The van der Waals surface area contributed by atoms with Crippen LogP contribution in [0, 0.1) is 0 Å². The molecule has 0 aliphatic carbocycles. The van der Waals surface area contributed by atoms with Crippen molar-refractivity contribution in [3.63, 3.8) is 0 Å². The Hall–Kier alpha value is -1.74. The number of rotatable bonds is 9. The fraction of sp³-hybridized carbons (Fsp3) is 0.476. The van der Waals surface area contributed by atoms with Gasteiger partial charge in [0.1, 0.15) is 0 Å². The van der Waals surface area contributed by atoms with Crippen LogP contribution in [0.2, 0.25) is 0 Å². The van der Waals surface area contributed by atoms with Crippen molar-refractivity contribution in [1.82, 2.24) is 9.21 Å². The average molecular weight is 437 g/mol. The van der Waals surface area contributed by atoms with Crippen LogP contribution in [-0.4, -0.2) is 55.9 Å². The maximum Gasteiger partial charge on any atom is 0.253 e. The van der Waals surface area contributed by atoms with Crippen molar-refractivity contribution < 1.29 is 17.9 Å². The summed E-state index contributed by atoms with van der Waals surface area (Å²) in [5.41, 5.74) is 0.497. The predicted octanol–water partition coefficient (Wildman–Crippen LogP) is 3.60. The van der Waals surface area contributed by atoms with Crippen LogP contribution < -0.4 is 0 Å². The molecule has 1 atom stereocenters. The maximum absolute atomic E-state index is 13.4. The summed E-state index contributed by atoms with van der Waals surface area (Å²) < 4.78 is 33.9. The number of carbonyl (C=O) groups is 1. The number of amides is 1. The Morgan fingerprint density at radius 3 is 2.45 bits per heavy atom. The Bertz CT molecular complexity index is 885. The summed E-state index contributed by atoms with van der Waals surface area (Å²) in [5.74, 6) is -0.0891. The average Bonchev–Trinajstić information content (AvgIpc) is 3.43. The third kappa shape index (κ3) is 5.25. The van der Waals surface area contributed by atoms with Gasteiger partial charge in [-0.05, 0) is 62.4 Å². The highest BCUT2D eigenvalue weighted by Crippen LogP contribution is 2.24. The van der Waals surface area contributed by atoms with Gasteiger partial charge < -0.3 is 9.64 Å². The Morgan fingerprint density at radius 1 is 1.17 bits per heavy atom. The van der Waals surface area contributed by atoms with Crippen LogP contribution in [0.1, 0.15) is 41.9 Å². The molecule has 1 fully saturated rings. The third-order valence-corrected chi connectivity index (χ3v) is 7.82. The molecule has 1 aromatic heterocycles. The predicted molar refractivity (Wildman–Crippen MR) is 115 cm³/mol. The summed E-state index contributed by atoms with van der Waals surface area (Å²) in [4.78, 5) is 15.4. The van der Waals surface area contributed by atoms with Crippen molar-refractivity contribution in [2.24, 2.45) is 0 Å². The molecule has 1 aliphatic rings. The highest BCUT2D eigenvalue weighted by molar-refractivity contribution is 7.89. The SMILES string of the molecule is CCN(CC)C(=O)c1ccc(S(=O)(=O)N(Cc2cccs2)CC2CCCO2)cc1. The topological polar surface area (TPSA) is 66.9 Å². The number of nitrogens with zero attached hydrogens (tertiary/aromatic N) is 2. The number of carbonyl (C=O) groups excluding carboxylic acids is 1. The second kappa shape index (κ2) is 9.84. The number of sulfonamides is 1. The molecule has 1 aromatic carbocycles. The quantitative estimate of drug-likeness (QED) is 0.602. The molecule has 0 spiro atoms. The molecule has 29 heavy (non-hydrogen) atoms.